The number of aliphatic imine (C=N–C) groups is 1. The zero-order chi connectivity index (χ0) is 25.2. The van der Waals surface area contributed by atoms with Crippen molar-refractivity contribution >= 4 is 34.9 Å². The zero-order valence-electron chi connectivity index (χ0n) is 19.6. The summed E-state index contributed by atoms with van der Waals surface area (Å²) in [5.74, 6) is -3.47. The minimum absolute atomic E-state index is 0.0633. The largest absolute Gasteiger partial charge is 0.468 e. The van der Waals surface area contributed by atoms with Gasteiger partial charge in [-0.3, -0.25) is 19.9 Å². The Bertz CT molecular complexity index is 1210. The Balaban J connectivity index is 2.03. The van der Waals surface area contributed by atoms with Crippen LogP contribution >= 0.6 is 11.6 Å². The van der Waals surface area contributed by atoms with Gasteiger partial charge >= 0.3 is 11.9 Å². The van der Waals surface area contributed by atoms with E-state index in [0.717, 1.165) is 17.0 Å². The van der Waals surface area contributed by atoms with Crippen LogP contribution in [0, 0.1) is 29.9 Å². The summed E-state index contributed by atoms with van der Waals surface area (Å²) in [6.45, 7) is 7.19. The van der Waals surface area contributed by atoms with Gasteiger partial charge in [-0.25, -0.2) is 4.79 Å². The molecule has 0 amide bonds. The molecule has 9 nitrogen and oxygen atoms in total. The molecule has 180 valence electrons. The van der Waals surface area contributed by atoms with Crippen LogP contribution in [-0.2, 0) is 25.5 Å². The monoisotopic (exact) mass is 487 g/mol. The molecule has 2 heterocycles. The Morgan fingerprint density at radius 3 is 2.50 bits per heavy atom. The van der Waals surface area contributed by atoms with E-state index in [9.17, 15) is 19.7 Å². The van der Waals surface area contributed by atoms with Crippen molar-refractivity contribution in [2.45, 2.75) is 40.0 Å². The van der Waals surface area contributed by atoms with Gasteiger partial charge in [-0.1, -0.05) is 11.6 Å². The number of H-pyrrole nitrogens is 1. The number of esters is 2. The highest BCUT2D eigenvalue weighted by Gasteiger charge is 2.44. The first-order chi connectivity index (χ1) is 16.0. The number of nitrogens with zero attached hydrogens (tertiary/aromatic N) is 2. The van der Waals surface area contributed by atoms with Crippen LogP contribution in [0.1, 0.15) is 42.3 Å². The molecule has 34 heavy (non-hydrogen) atoms. The van der Waals surface area contributed by atoms with Crippen molar-refractivity contribution in [2.75, 3.05) is 13.7 Å². The van der Waals surface area contributed by atoms with E-state index in [0.29, 0.717) is 17.8 Å². The van der Waals surface area contributed by atoms with E-state index in [2.05, 4.69) is 9.98 Å². The number of ether oxygens (including phenoxy) is 2. The number of benzene rings is 1. The van der Waals surface area contributed by atoms with E-state index in [1.54, 1.807) is 13.8 Å². The zero-order valence-corrected chi connectivity index (χ0v) is 20.4. The standard InChI is InChI=1S/C24H26ClN3O6/c1-12-10-16(13(2)26-12)8-9-34-24(30)21-15(4)27-14(3)20(23(29)33-5)22(21)18-11-17(25)6-7-19(18)28(31)32/h6-7,10-11,20,22,26H,8-9H2,1-5H3. The normalized spacial score (nSPS) is 17.9. The topological polar surface area (TPSA) is 124 Å². The number of nitrogens with one attached hydrogen (secondary N) is 1. The van der Waals surface area contributed by atoms with Crippen molar-refractivity contribution in [3.05, 3.63) is 73.2 Å². The predicted molar refractivity (Wildman–Crippen MR) is 127 cm³/mol. The number of carbonyl (C=O) groups excluding carboxylic acids is 2. The van der Waals surface area contributed by atoms with Crippen LogP contribution in [0.4, 0.5) is 5.69 Å². The van der Waals surface area contributed by atoms with Gasteiger partial charge < -0.3 is 14.5 Å². The summed E-state index contributed by atoms with van der Waals surface area (Å²) in [6, 6.07) is 6.01. The second kappa shape index (κ2) is 10.2. The van der Waals surface area contributed by atoms with E-state index in [1.807, 2.05) is 19.9 Å². The number of carbonyl (C=O) groups is 2. The van der Waals surface area contributed by atoms with E-state index in [4.69, 9.17) is 21.1 Å². The lowest BCUT2D eigenvalue weighted by molar-refractivity contribution is -0.385. The highest BCUT2D eigenvalue weighted by molar-refractivity contribution is 6.30. The molecule has 1 aromatic carbocycles. The number of allylic oxidation sites excluding steroid dienone is 1. The number of hydrogen-bond donors (Lipinski definition) is 1. The van der Waals surface area contributed by atoms with Gasteiger partial charge in [0, 0.05) is 51.8 Å². The molecule has 0 saturated heterocycles. The Morgan fingerprint density at radius 1 is 1.21 bits per heavy atom. The molecule has 0 radical (unpaired) electrons. The van der Waals surface area contributed by atoms with Gasteiger partial charge in [-0.05, 0) is 51.5 Å². The van der Waals surface area contributed by atoms with Gasteiger partial charge in [0.1, 0.15) is 5.92 Å². The van der Waals surface area contributed by atoms with E-state index in [-0.39, 0.29) is 28.5 Å². The van der Waals surface area contributed by atoms with Crippen molar-refractivity contribution in [3.8, 4) is 0 Å². The maximum atomic E-state index is 13.3. The molecule has 2 aromatic rings. The fourth-order valence-corrected chi connectivity index (χ4v) is 4.56. The summed E-state index contributed by atoms with van der Waals surface area (Å²) in [5, 5.41) is 12.0. The van der Waals surface area contributed by atoms with Crippen LogP contribution in [-0.4, -0.2) is 41.3 Å². The van der Waals surface area contributed by atoms with Crippen LogP contribution in [0.3, 0.4) is 0 Å². The maximum absolute atomic E-state index is 13.3. The summed E-state index contributed by atoms with van der Waals surface area (Å²) >= 11 is 6.17. The van der Waals surface area contributed by atoms with Crippen LogP contribution in [0.15, 0.2) is 40.5 Å². The summed E-state index contributed by atoms with van der Waals surface area (Å²) in [6.07, 6.45) is 0.485. The SMILES string of the molecule is COC(=O)C1C(C)=NC(C)=C(C(=O)OCCc2cc(C)[nH]c2C)C1c1cc(Cl)ccc1[N+](=O)[O-]. The number of rotatable bonds is 7. The maximum Gasteiger partial charge on any atom is 0.336 e. The number of aromatic amines is 1. The second-order valence-corrected chi connectivity index (χ2v) is 8.62. The third-order valence-electron chi connectivity index (χ3n) is 5.89. The number of halogens is 1. The minimum Gasteiger partial charge on any atom is -0.468 e. The first-order valence-corrected chi connectivity index (χ1v) is 11.0. The third kappa shape index (κ3) is 5.04. The molecule has 1 aromatic heterocycles. The molecular weight excluding hydrogens is 462 g/mol. The fourth-order valence-electron chi connectivity index (χ4n) is 4.38. The number of methoxy groups -OCH3 is 1. The Kier molecular flexibility index (Phi) is 7.56. The first-order valence-electron chi connectivity index (χ1n) is 10.6. The van der Waals surface area contributed by atoms with Gasteiger partial charge in [-0.2, -0.15) is 0 Å². The molecule has 1 N–H and O–H groups in total. The van der Waals surface area contributed by atoms with Crippen molar-refractivity contribution in [1.29, 1.82) is 0 Å². The van der Waals surface area contributed by atoms with E-state index in [1.165, 1.54) is 25.3 Å². The molecule has 2 atom stereocenters. The van der Waals surface area contributed by atoms with Gasteiger partial charge in [0.2, 0.25) is 0 Å². The lowest BCUT2D eigenvalue weighted by Crippen LogP contribution is -2.36. The first kappa shape index (κ1) is 25.2. The highest BCUT2D eigenvalue weighted by Crippen LogP contribution is 2.44. The lowest BCUT2D eigenvalue weighted by Gasteiger charge is -2.31. The van der Waals surface area contributed by atoms with Crippen molar-refractivity contribution in [3.63, 3.8) is 0 Å². The third-order valence-corrected chi connectivity index (χ3v) is 6.12. The number of hydrogen-bond acceptors (Lipinski definition) is 7. The summed E-state index contributed by atoms with van der Waals surface area (Å²) in [7, 11) is 1.21. The van der Waals surface area contributed by atoms with Crippen LogP contribution in [0.5, 0.6) is 0 Å². The molecule has 1 aliphatic heterocycles. The average molecular weight is 488 g/mol. The molecule has 3 rings (SSSR count). The molecule has 0 fully saturated rings. The van der Waals surface area contributed by atoms with Gasteiger partial charge in [0.05, 0.1) is 24.2 Å². The summed E-state index contributed by atoms with van der Waals surface area (Å²) < 4.78 is 10.5. The molecule has 0 spiro atoms. The van der Waals surface area contributed by atoms with Gasteiger partial charge in [-0.15, -0.1) is 0 Å². The minimum atomic E-state index is -1.05. The van der Waals surface area contributed by atoms with Crippen LogP contribution in [0.2, 0.25) is 5.02 Å². The van der Waals surface area contributed by atoms with E-state index < -0.39 is 28.7 Å². The molecule has 0 saturated carbocycles. The van der Waals surface area contributed by atoms with Gasteiger partial charge in [0.15, 0.2) is 0 Å². The molecule has 0 bridgehead atoms. The Hall–Kier alpha value is -3.46. The predicted octanol–water partition coefficient (Wildman–Crippen LogP) is 4.60. The quantitative estimate of drug-likeness (QED) is 0.345. The van der Waals surface area contributed by atoms with E-state index >= 15 is 0 Å². The number of nitro benzene ring substituents is 1. The van der Waals surface area contributed by atoms with Crippen LogP contribution < -0.4 is 0 Å². The van der Waals surface area contributed by atoms with Crippen molar-refractivity contribution in [2.24, 2.45) is 10.9 Å². The van der Waals surface area contributed by atoms with Crippen molar-refractivity contribution in [1.82, 2.24) is 4.98 Å². The van der Waals surface area contributed by atoms with Crippen LogP contribution in [0.25, 0.3) is 0 Å². The molecule has 2 unspecified atom stereocenters. The van der Waals surface area contributed by atoms with Crippen molar-refractivity contribution < 1.29 is 24.0 Å². The number of aromatic nitrogens is 1. The number of nitro groups is 1. The highest BCUT2D eigenvalue weighted by atomic mass is 35.5. The fraction of sp³-hybridized carbons (Fsp3) is 0.375. The Morgan fingerprint density at radius 2 is 1.91 bits per heavy atom. The van der Waals surface area contributed by atoms with Gasteiger partial charge in [0.25, 0.3) is 5.69 Å². The average Bonchev–Trinajstić information content (AvgIpc) is 3.09. The number of aryl methyl sites for hydroxylation is 2. The summed E-state index contributed by atoms with van der Waals surface area (Å²) in [4.78, 5) is 44.9. The summed E-state index contributed by atoms with van der Waals surface area (Å²) in [5.41, 5.74) is 3.61. The Labute approximate surface area is 202 Å². The molecule has 10 heteroatoms. The molecule has 1 aliphatic rings. The second-order valence-electron chi connectivity index (χ2n) is 8.18. The molecule has 0 aliphatic carbocycles. The smallest absolute Gasteiger partial charge is 0.336 e. The lowest BCUT2D eigenvalue weighted by atomic mass is 9.75. The molecular formula is C24H26ClN3O6.